The highest BCUT2D eigenvalue weighted by Crippen LogP contribution is 2.44. The minimum atomic E-state index is -0.239. The van der Waals surface area contributed by atoms with E-state index in [0.717, 1.165) is 16.9 Å². The molecule has 0 amide bonds. The monoisotopic (exact) mass is 175 g/mol. The molecule has 2 aliphatic heterocycles. The summed E-state index contributed by atoms with van der Waals surface area (Å²) in [4.78, 5) is 0. The second-order valence-electron chi connectivity index (χ2n) is 3.00. The first-order chi connectivity index (χ1) is 6.27. The Morgan fingerprint density at radius 3 is 2.77 bits per heavy atom. The summed E-state index contributed by atoms with van der Waals surface area (Å²) in [6, 6.07) is 6.40. The van der Waals surface area contributed by atoms with Crippen LogP contribution in [0.1, 0.15) is 0 Å². The van der Waals surface area contributed by atoms with E-state index in [-0.39, 0.29) is 5.82 Å². The fourth-order valence-corrected chi connectivity index (χ4v) is 1.49. The van der Waals surface area contributed by atoms with E-state index in [4.69, 9.17) is 5.73 Å². The molecule has 0 unspecified atom stereocenters. The van der Waals surface area contributed by atoms with Crippen molar-refractivity contribution in [2.45, 2.75) is 0 Å². The van der Waals surface area contributed by atoms with Crippen LogP contribution in [-0.2, 0) is 0 Å². The van der Waals surface area contributed by atoms with E-state index in [1.54, 1.807) is 10.7 Å². The zero-order valence-corrected chi connectivity index (χ0v) is 6.66. The molecule has 2 aliphatic rings. The fraction of sp³-hybridized carbons (Fsp3) is 0. The summed E-state index contributed by atoms with van der Waals surface area (Å²) in [7, 11) is 0. The molecule has 0 saturated carbocycles. The molecule has 4 heteroatoms. The Morgan fingerprint density at radius 2 is 2.23 bits per heavy atom. The lowest BCUT2D eigenvalue weighted by Gasteiger charge is -1.92. The van der Waals surface area contributed by atoms with Gasteiger partial charge in [0.15, 0.2) is 5.82 Å². The lowest BCUT2D eigenvalue weighted by atomic mass is 10.2. The zero-order chi connectivity index (χ0) is 9.00. The molecule has 13 heavy (non-hydrogen) atoms. The van der Waals surface area contributed by atoms with Gasteiger partial charge in [0.05, 0.1) is 0 Å². The van der Waals surface area contributed by atoms with E-state index in [0.29, 0.717) is 5.82 Å². The van der Waals surface area contributed by atoms with Crippen LogP contribution in [0.25, 0.3) is 16.9 Å². The standard InChI is InChI=1S/C9H6FN3/c10-6-3-1-2-5(4-6)7-8-9(11)12-13(7)8/h1-4H,(H2,11,12). The number of aromatic nitrogens is 2. The van der Waals surface area contributed by atoms with Gasteiger partial charge in [-0.3, -0.25) is 0 Å². The molecule has 0 aliphatic carbocycles. The van der Waals surface area contributed by atoms with Crippen molar-refractivity contribution in [2.75, 3.05) is 5.73 Å². The van der Waals surface area contributed by atoms with Crippen LogP contribution in [0.4, 0.5) is 10.2 Å². The SMILES string of the molecule is Nc1nn2c(-c3cccc(F)c3)c1-2. The Balaban J connectivity index is 2.13. The summed E-state index contributed by atoms with van der Waals surface area (Å²) in [6.07, 6.45) is 0. The summed E-state index contributed by atoms with van der Waals surface area (Å²) >= 11 is 0. The van der Waals surface area contributed by atoms with Crippen molar-refractivity contribution in [3.8, 4) is 16.9 Å². The van der Waals surface area contributed by atoms with Crippen molar-refractivity contribution in [1.29, 1.82) is 0 Å². The smallest absolute Gasteiger partial charge is 0.172 e. The second-order valence-corrected chi connectivity index (χ2v) is 3.00. The van der Waals surface area contributed by atoms with Crippen molar-refractivity contribution < 1.29 is 4.39 Å². The first-order valence-corrected chi connectivity index (χ1v) is 3.92. The van der Waals surface area contributed by atoms with Gasteiger partial charge < -0.3 is 5.73 Å². The lowest BCUT2D eigenvalue weighted by Crippen LogP contribution is -1.99. The third kappa shape index (κ3) is 0.744. The first kappa shape index (κ1) is 6.65. The molecule has 0 bridgehead atoms. The van der Waals surface area contributed by atoms with Crippen molar-refractivity contribution >= 4 is 5.82 Å². The van der Waals surface area contributed by atoms with Gasteiger partial charge in [-0.2, -0.15) is 0 Å². The highest BCUT2D eigenvalue weighted by atomic mass is 19.1. The van der Waals surface area contributed by atoms with Crippen LogP contribution in [-0.4, -0.2) is 9.78 Å². The van der Waals surface area contributed by atoms with Gasteiger partial charge in [0.2, 0.25) is 0 Å². The Morgan fingerprint density at radius 1 is 1.38 bits per heavy atom. The average molecular weight is 175 g/mol. The molecule has 3 rings (SSSR count). The molecule has 3 nitrogen and oxygen atoms in total. The van der Waals surface area contributed by atoms with Crippen LogP contribution in [0.15, 0.2) is 24.3 Å². The first-order valence-electron chi connectivity index (χ1n) is 3.92. The van der Waals surface area contributed by atoms with E-state index >= 15 is 0 Å². The topological polar surface area (TPSA) is 43.8 Å². The summed E-state index contributed by atoms with van der Waals surface area (Å²) in [5.74, 6) is 0.302. The van der Waals surface area contributed by atoms with Gasteiger partial charge >= 0.3 is 0 Å². The fourth-order valence-electron chi connectivity index (χ4n) is 1.49. The summed E-state index contributed by atoms with van der Waals surface area (Å²) in [5, 5.41) is 3.92. The number of nitrogen functional groups attached to an aromatic ring is 1. The summed E-state index contributed by atoms with van der Waals surface area (Å²) in [5.41, 5.74) is 8.18. The molecule has 0 fully saturated rings. The van der Waals surface area contributed by atoms with Crippen LogP contribution in [0.2, 0.25) is 0 Å². The molecular formula is C9H6FN3. The third-order valence-electron chi connectivity index (χ3n) is 2.15. The molecule has 0 spiro atoms. The lowest BCUT2D eigenvalue weighted by molar-refractivity contribution is 0.628. The second kappa shape index (κ2) is 1.90. The van der Waals surface area contributed by atoms with Crippen LogP contribution >= 0.6 is 0 Å². The van der Waals surface area contributed by atoms with Crippen molar-refractivity contribution in [1.82, 2.24) is 9.78 Å². The van der Waals surface area contributed by atoms with Gasteiger partial charge in [-0.1, -0.05) is 12.1 Å². The van der Waals surface area contributed by atoms with Crippen LogP contribution in [0.5, 0.6) is 0 Å². The van der Waals surface area contributed by atoms with E-state index in [1.165, 1.54) is 12.1 Å². The molecule has 0 radical (unpaired) electrons. The van der Waals surface area contributed by atoms with Gasteiger partial charge in [0.1, 0.15) is 17.2 Å². The molecule has 0 aromatic heterocycles. The number of nitrogens with two attached hydrogens (primary N) is 1. The van der Waals surface area contributed by atoms with Crippen LogP contribution in [0.3, 0.4) is 0 Å². The molecular weight excluding hydrogens is 169 g/mol. The highest BCUT2D eigenvalue weighted by molar-refractivity contribution is 5.88. The zero-order valence-electron chi connectivity index (χ0n) is 6.66. The van der Waals surface area contributed by atoms with Crippen molar-refractivity contribution in [3.05, 3.63) is 30.1 Å². The number of halogens is 1. The maximum Gasteiger partial charge on any atom is 0.172 e. The number of benzene rings is 1. The quantitative estimate of drug-likeness (QED) is 0.610. The molecule has 64 valence electrons. The number of rotatable bonds is 1. The summed E-state index contributed by atoms with van der Waals surface area (Å²) in [6.45, 7) is 0. The molecule has 0 atom stereocenters. The van der Waals surface area contributed by atoms with Crippen molar-refractivity contribution in [3.63, 3.8) is 0 Å². The maximum atomic E-state index is 12.8. The third-order valence-corrected chi connectivity index (χ3v) is 2.15. The Bertz CT molecular complexity index is 502. The molecule has 1 aromatic carbocycles. The van der Waals surface area contributed by atoms with Crippen LogP contribution in [0, 0.1) is 5.82 Å². The predicted molar refractivity (Wildman–Crippen MR) is 46.9 cm³/mol. The normalized spacial score (nSPS) is 11.8. The van der Waals surface area contributed by atoms with E-state index in [1.807, 2.05) is 6.07 Å². The average Bonchev–Trinajstić information content (AvgIpc) is 2.71. The Kier molecular flexibility index (Phi) is 0.974. The predicted octanol–water partition coefficient (Wildman–Crippen LogP) is 1.57. The minimum Gasteiger partial charge on any atom is -0.380 e. The van der Waals surface area contributed by atoms with E-state index in [9.17, 15) is 4.39 Å². The van der Waals surface area contributed by atoms with E-state index in [2.05, 4.69) is 5.10 Å². The molecule has 2 N–H and O–H groups in total. The molecule has 2 heterocycles. The number of fused-ring (bicyclic) bond motifs is 1. The molecule has 0 saturated heterocycles. The number of hydrogen-bond acceptors (Lipinski definition) is 2. The van der Waals surface area contributed by atoms with Gasteiger partial charge in [0.25, 0.3) is 0 Å². The number of hydrogen-bond donors (Lipinski definition) is 1. The van der Waals surface area contributed by atoms with Crippen molar-refractivity contribution in [2.24, 2.45) is 0 Å². The van der Waals surface area contributed by atoms with Gasteiger partial charge in [-0.05, 0) is 12.1 Å². The Hall–Kier alpha value is -1.84. The number of nitrogens with zero attached hydrogens (tertiary/aromatic N) is 2. The van der Waals surface area contributed by atoms with Crippen LogP contribution < -0.4 is 5.73 Å². The van der Waals surface area contributed by atoms with Gasteiger partial charge in [-0.15, -0.1) is 5.10 Å². The maximum absolute atomic E-state index is 12.8. The minimum absolute atomic E-state index is 0.239. The Labute approximate surface area is 73.6 Å². The molecule has 1 aromatic rings. The van der Waals surface area contributed by atoms with E-state index < -0.39 is 0 Å². The van der Waals surface area contributed by atoms with Gasteiger partial charge in [-0.25, -0.2) is 9.07 Å². The summed E-state index contributed by atoms with van der Waals surface area (Å²) < 4.78 is 14.5. The van der Waals surface area contributed by atoms with Gasteiger partial charge in [0, 0.05) is 5.56 Å². The highest BCUT2D eigenvalue weighted by Gasteiger charge is 2.33. The largest absolute Gasteiger partial charge is 0.380 e. The number of anilines is 1.